The number of benzene rings is 1. The maximum absolute atomic E-state index is 12.4. The van der Waals surface area contributed by atoms with Crippen molar-refractivity contribution in [2.75, 3.05) is 5.32 Å². The van der Waals surface area contributed by atoms with Crippen molar-refractivity contribution in [1.82, 2.24) is 14.8 Å². The van der Waals surface area contributed by atoms with Crippen LogP contribution in [0.5, 0.6) is 0 Å². The Bertz CT molecular complexity index is 910. The fourth-order valence-electron chi connectivity index (χ4n) is 2.45. The fourth-order valence-corrected chi connectivity index (χ4v) is 2.45. The molecule has 6 heteroatoms. The second-order valence-corrected chi connectivity index (χ2v) is 5.47. The van der Waals surface area contributed by atoms with Crippen molar-refractivity contribution in [3.8, 4) is 0 Å². The Kier molecular flexibility index (Phi) is 3.97. The maximum atomic E-state index is 12.4. The zero-order chi connectivity index (χ0) is 16.4. The van der Waals surface area contributed by atoms with E-state index in [1.807, 2.05) is 19.1 Å². The van der Waals surface area contributed by atoms with Crippen LogP contribution >= 0.6 is 0 Å². The van der Waals surface area contributed by atoms with Gasteiger partial charge in [0.15, 0.2) is 0 Å². The average molecular weight is 310 g/mol. The first-order chi connectivity index (χ1) is 11.1. The number of fused-ring (bicyclic) bond motifs is 1. The molecule has 0 aliphatic carbocycles. The molecule has 3 aromatic rings. The van der Waals surface area contributed by atoms with E-state index < -0.39 is 0 Å². The normalized spacial score (nSPS) is 12.3. The number of anilines is 1. The summed E-state index contributed by atoms with van der Waals surface area (Å²) in [5, 5.41) is 8.33. The molecular weight excluding hydrogens is 292 g/mol. The van der Waals surface area contributed by atoms with Gasteiger partial charge in [0.25, 0.3) is 11.5 Å². The SMILES string of the molecule is CCC(C)n1nccc1NC(=O)c1cc2ccccc2c(=O)[nH]1. The summed E-state index contributed by atoms with van der Waals surface area (Å²) in [4.78, 5) is 27.2. The van der Waals surface area contributed by atoms with E-state index in [9.17, 15) is 9.59 Å². The van der Waals surface area contributed by atoms with Gasteiger partial charge in [0.05, 0.1) is 12.2 Å². The third-order valence-corrected chi connectivity index (χ3v) is 3.92. The van der Waals surface area contributed by atoms with Gasteiger partial charge in [-0.15, -0.1) is 0 Å². The van der Waals surface area contributed by atoms with Gasteiger partial charge in [-0.3, -0.25) is 9.59 Å². The summed E-state index contributed by atoms with van der Waals surface area (Å²) in [6.45, 7) is 4.08. The van der Waals surface area contributed by atoms with E-state index in [1.165, 1.54) is 0 Å². The van der Waals surface area contributed by atoms with Crippen LogP contribution in [0, 0.1) is 0 Å². The van der Waals surface area contributed by atoms with Crippen LogP contribution in [0.1, 0.15) is 36.8 Å². The lowest BCUT2D eigenvalue weighted by molar-refractivity contribution is 0.102. The van der Waals surface area contributed by atoms with Crippen molar-refractivity contribution < 1.29 is 4.79 Å². The van der Waals surface area contributed by atoms with Crippen LogP contribution in [0.2, 0.25) is 0 Å². The van der Waals surface area contributed by atoms with Gasteiger partial charge in [0.2, 0.25) is 0 Å². The molecule has 2 aromatic heterocycles. The number of amides is 1. The first kappa shape index (κ1) is 15.0. The Morgan fingerprint density at radius 2 is 2.13 bits per heavy atom. The van der Waals surface area contributed by atoms with E-state index in [0.717, 1.165) is 11.8 Å². The van der Waals surface area contributed by atoms with E-state index in [4.69, 9.17) is 0 Å². The van der Waals surface area contributed by atoms with Crippen LogP contribution in [0.15, 0.2) is 47.4 Å². The highest BCUT2D eigenvalue weighted by Crippen LogP contribution is 2.17. The molecule has 0 bridgehead atoms. The van der Waals surface area contributed by atoms with Crippen LogP contribution in [0.25, 0.3) is 10.8 Å². The van der Waals surface area contributed by atoms with E-state index in [0.29, 0.717) is 11.2 Å². The number of carbonyl (C=O) groups excluding carboxylic acids is 1. The fraction of sp³-hybridized carbons (Fsp3) is 0.235. The molecule has 0 saturated heterocycles. The Morgan fingerprint density at radius 1 is 1.35 bits per heavy atom. The Morgan fingerprint density at radius 3 is 2.91 bits per heavy atom. The Hall–Kier alpha value is -2.89. The number of carbonyl (C=O) groups is 1. The summed E-state index contributed by atoms with van der Waals surface area (Å²) in [5.74, 6) is 0.247. The van der Waals surface area contributed by atoms with Gasteiger partial charge in [-0.2, -0.15) is 5.10 Å². The first-order valence-corrected chi connectivity index (χ1v) is 7.57. The molecule has 1 unspecified atom stereocenters. The molecule has 2 N–H and O–H groups in total. The van der Waals surface area contributed by atoms with Crippen molar-refractivity contribution >= 4 is 22.5 Å². The molecule has 3 rings (SSSR count). The van der Waals surface area contributed by atoms with E-state index in [-0.39, 0.29) is 23.2 Å². The molecule has 1 aromatic carbocycles. The van der Waals surface area contributed by atoms with Crippen LogP contribution < -0.4 is 10.9 Å². The largest absolute Gasteiger partial charge is 0.317 e. The second-order valence-electron chi connectivity index (χ2n) is 5.47. The molecule has 0 saturated carbocycles. The maximum Gasteiger partial charge on any atom is 0.273 e. The summed E-state index contributed by atoms with van der Waals surface area (Å²) < 4.78 is 1.76. The minimum absolute atomic E-state index is 0.177. The third kappa shape index (κ3) is 2.88. The third-order valence-electron chi connectivity index (χ3n) is 3.92. The van der Waals surface area contributed by atoms with Gasteiger partial charge in [0, 0.05) is 11.5 Å². The number of rotatable bonds is 4. The summed E-state index contributed by atoms with van der Waals surface area (Å²) in [6, 6.07) is 10.8. The van der Waals surface area contributed by atoms with E-state index in [2.05, 4.69) is 22.3 Å². The number of aromatic amines is 1. The monoisotopic (exact) mass is 310 g/mol. The van der Waals surface area contributed by atoms with Crippen LogP contribution in [0.3, 0.4) is 0 Å². The van der Waals surface area contributed by atoms with Crippen LogP contribution in [-0.4, -0.2) is 20.7 Å². The minimum atomic E-state index is -0.363. The van der Waals surface area contributed by atoms with Gasteiger partial charge in [-0.1, -0.05) is 25.1 Å². The lowest BCUT2D eigenvalue weighted by Gasteiger charge is -2.14. The van der Waals surface area contributed by atoms with Gasteiger partial charge in [-0.25, -0.2) is 4.68 Å². The molecule has 2 heterocycles. The number of nitrogens with one attached hydrogen (secondary N) is 2. The molecule has 23 heavy (non-hydrogen) atoms. The molecule has 118 valence electrons. The predicted octanol–water partition coefficient (Wildman–Crippen LogP) is 2.95. The molecule has 6 nitrogen and oxygen atoms in total. The topological polar surface area (TPSA) is 79.8 Å². The molecule has 0 fully saturated rings. The molecular formula is C17H18N4O2. The zero-order valence-corrected chi connectivity index (χ0v) is 13.0. The van der Waals surface area contributed by atoms with Crippen LogP contribution in [-0.2, 0) is 0 Å². The van der Waals surface area contributed by atoms with Gasteiger partial charge in [0.1, 0.15) is 11.5 Å². The zero-order valence-electron chi connectivity index (χ0n) is 13.0. The average Bonchev–Trinajstić information content (AvgIpc) is 3.02. The summed E-state index contributed by atoms with van der Waals surface area (Å²) in [7, 11) is 0. The minimum Gasteiger partial charge on any atom is -0.317 e. The summed E-state index contributed by atoms with van der Waals surface area (Å²) in [5.41, 5.74) is -0.0470. The van der Waals surface area contributed by atoms with Crippen molar-refractivity contribution in [2.45, 2.75) is 26.3 Å². The number of aromatic nitrogens is 3. The quantitative estimate of drug-likeness (QED) is 0.777. The second kappa shape index (κ2) is 6.08. The molecule has 1 atom stereocenters. The van der Waals surface area contributed by atoms with E-state index >= 15 is 0 Å². The molecule has 1 amide bonds. The smallest absolute Gasteiger partial charge is 0.273 e. The first-order valence-electron chi connectivity index (χ1n) is 7.57. The Labute approximate surface area is 133 Å². The van der Waals surface area contributed by atoms with Gasteiger partial charge < -0.3 is 10.3 Å². The number of hydrogen-bond acceptors (Lipinski definition) is 3. The number of H-pyrrole nitrogens is 1. The highest BCUT2D eigenvalue weighted by Gasteiger charge is 2.14. The lowest BCUT2D eigenvalue weighted by Crippen LogP contribution is -2.21. The van der Waals surface area contributed by atoms with Crippen molar-refractivity contribution in [3.63, 3.8) is 0 Å². The summed E-state index contributed by atoms with van der Waals surface area (Å²) >= 11 is 0. The van der Waals surface area contributed by atoms with Gasteiger partial charge in [-0.05, 0) is 30.9 Å². The van der Waals surface area contributed by atoms with Crippen molar-refractivity contribution in [3.05, 3.63) is 58.6 Å². The van der Waals surface area contributed by atoms with Crippen molar-refractivity contribution in [2.24, 2.45) is 0 Å². The molecule has 0 radical (unpaired) electrons. The van der Waals surface area contributed by atoms with Crippen LogP contribution in [0.4, 0.5) is 5.82 Å². The summed E-state index contributed by atoms with van der Waals surface area (Å²) in [6.07, 6.45) is 2.54. The highest BCUT2D eigenvalue weighted by molar-refractivity contribution is 6.04. The number of pyridine rings is 1. The molecule has 0 spiro atoms. The Balaban J connectivity index is 1.93. The number of nitrogens with zero attached hydrogens (tertiary/aromatic N) is 2. The lowest BCUT2D eigenvalue weighted by atomic mass is 10.1. The standard InChI is InChI=1S/C17H18N4O2/c1-3-11(2)21-15(8-9-18-21)20-17(23)14-10-12-6-4-5-7-13(12)16(22)19-14/h4-11H,3H2,1-2H3,(H,19,22)(H,20,23). The number of hydrogen-bond donors (Lipinski definition) is 2. The molecule has 0 aliphatic heterocycles. The predicted molar refractivity (Wildman–Crippen MR) is 89.8 cm³/mol. The molecule has 0 aliphatic rings. The van der Waals surface area contributed by atoms with E-state index in [1.54, 1.807) is 35.1 Å². The van der Waals surface area contributed by atoms with Gasteiger partial charge >= 0.3 is 0 Å². The van der Waals surface area contributed by atoms with Crippen molar-refractivity contribution in [1.29, 1.82) is 0 Å². The highest BCUT2D eigenvalue weighted by atomic mass is 16.2.